The van der Waals surface area contributed by atoms with Crippen LogP contribution in [0.4, 0.5) is 5.69 Å². The fourth-order valence-electron chi connectivity index (χ4n) is 3.74. The van der Waals surface area contributed by atoms with Crippen LogP contribution in [0.1, 0.15) is 5.56 Å². The molecule has 0 radical (unpaired) electrons. The van der Waals surface area contributed by atoms with Gasteiger partial charge in [-0.2, -0.15) is 0 Å². The van der Waals surface area contributed by atoms with Crippen LogP contribution in [0.15, 0.2) is 24.3 Å². The molecule has 1 fully saturated rings. The lowest BCUT2D eigenvalue weighted by molar-refractivity contribution is -0.140. The number of carbonyl (C=O) groups excluding carboxylic acids is 1. The molecule has 1 atom stereocenters. The molecular formula is C20H30BN5O5S. The molecule has 1 aromatic carbocycles. The molecule has 4 N–H and O–H groups in total. The molecule has 174 valence electrons. The molecule has 10 nitrogen and oxygen atoms in total. The van der Waals surface area contributed by atoms with Crippen LogP contribution in [0.2, 0.25) is 0 Å². The van der Waals surface area contributed by atoms with Crippen LogP contribution < -0.4 is 10.5 Å². The van der Waals surface area contributed by atoms with E-state index < -0.39 is 11.9 Å². The highest BCUT2D eigenvalue weighted by Crippen LogP contribution is 2.16. The summed E-state index contributed by atoms with van der Waals surface area (Å²) in [5, 5.41) is 25.1. The van der Waals surface area contributed by atoms with Crippen molar-refractivity contribution in [1.82, 2.24) is 19.9 Å². The first-order valence-corrected chi connectivity index (χ1v) is 10.8. The van der Waals surface area contributed by atoms with Crippen LogP contribution in [-0.2, 0) is 20.8 Å². The van der Waals surface area contributed by atoms with Crippen molar-refractivity contribution in [3.8, 4) is 0 Å². The second-order valence-corrected chi connectivity index (χ2v) is 8.13. The molecule has 0 amide bonds. The maximum absolute atomic E-state index is 11.5. The van der Waals surface area contributed by atoms with Gasteiger partial charge in [-0.15, -0.1) is 0 Å². The van der Waals surface area contributed by atoms with E-state index in [-0.39, 0.29) is 25.7 Å². The molecule has 1 aliphatic rings. The monoisotopic (exact) mass is 463 g/mol. The summed E-state index contributed by atoms with van der Waals surface area (Å²) in [4.78, 5) is 39.6. The molecule has 0 aromatic heterocycles. The second kappa shape index (κ2) is 13.1. The van der Waals surface area contributed by atoms with Crippen molar-refractivity contribution < 1.29 is 24.6 Å². The summed E-state index contributed by atoms with van der Waals surface area (Å²) in [6.45, 7) is 2.34. The Morgan fingerprint density at radius 1 is 1.06 bits per heavy atom. The summed E-state index contributed by atoms with van der Waals surface area (Å²) < 4.78 is 0. The highest BCUT2D eigenvalue weighted by molar-refractivity contribution is 7.80. The van der Waals surface area contributed by atoms with Gasteiger partial charge in [0.25, 0.3) is 0 Å². The zero-order valence-corrected chi connectivity index (χ0v) is 19.0. The Hall–Kier alpha value is -2.54. The molecule has 0 aliphatic carbocycles. The van der Waals surface area contributed by atoms with Gasteiger partial charge in [-0.05, 0) is 36.3 Å². The summed E-state index contributed by atoms with van der Waals surface area (Å²) in [5.74, 6) is -1.87. The third kappa shape index (κ3) is 8.91. The van der Waals surface area contributed by atoms with Crippen molar-refractivity contribution >= 4 is 49.2 Å². The maximum Gasteiger partial charge on any atom is 0.317 e. The van der Waals surface area contributed by atoms with Gasteiger partial charge in [0.15, 0.2) is 5.11 Å². The number of carboxylic acid groups (broad SMARTS) is 2. The van der Waals surface area contributed by atoms with Crippen LogP contribution in [0.5, 0.6) is 0 Å². The van der Waals surface area contributed by atoms with Crippen LogP contribution >= 0.6 is 12.2 Å². The van der Waals surface area contributed by atoms with Crippen LogP contribution in [-0.4, -0.2) is 115 Å². The Kier molecular flexibility index (Phi) is 10.5. The molecule has 12 heteroatoms. The van der Waals surface area contributed by atoms with Crippen LogP contribution in [0.25, 0.3) is 0 Å². The van der Waals surface area contributed by atoms with Gasteiger partial charge in [0, 0.05) is 44.5 Å². The quantitative estimate of drug-likeness (QED) is 0.199. The average molecular weight is 463 g/mol. The number of anilines is 1. The van der Waals surface area contributed by atoms with Crippen molar-refractivity contribution in [2.45, 2.75) is 12.5 Å². The normalized spacial score (nSPS) is 18.7. The third-order valence-corrected chi connectivity index (χ3v) is 5.67. The summed E-state index contributed by atoms with van der Waals surface area (Å²) in [7, 11) is 1.74. The molecule has 32 heavy (non-hydrogen) atoms. The third-order valence-electron chi connectivity index (χ3n) is 5.36. The van der Waals surface area contributed by atoms with E-state index in [4.69, 9.17) is 12.2 Å². The van der Waals surface area contributed by atoms with Crippen LogP contribution in [0, 0.1) is 0 Å². The molecule has 1 heterocycles. The number of benzene rings is 1. The molecular weight excluding hydrogens is 433 g/mol. The molecule has 1 unspecified atom stereocenters. The number of aliphatic carboxylic acids is 2. The van der Waals surface area contributed by atoms with Gasteiger partial charge in [0.2, 0.25) is 7.98 Å². The Morgan fingerprint density at radius 2 is 1.69 bits per heavy atom. The van der Waals surface area contributed by atoms with Gasteiger partial charge in [-0.25, -0.2) is 0 Å². The molecule has 1 aromatic rings. The van der Waals surface area contributed by atoms with Gasteiger partial charge in [-0.1, -0.05) is 12.1 Å². The number of rotatable bonds is 9. The Morgan fingerprint density at radius 3 is 2.28 bits per heavy atom. The topological polar surface area (TPSA) is 125 Å². The highest BCUT2D eigenvalue weighted by Gasteiger charge is 2.27. The lowest BCUT2D eigenvalue weighted by Gasteiger charge is -2.33. The van der Waals surface area contributed by atoms with Crippen LogP contribution in [0.3, 0.4) is 0 Å². The summed E-state index contributed by atoms with van der Waals surface area (Å²) in [5.41, 5.74) is 1.87. The molecule has 0 spiro atoms. The standard InChI is InChI=1S/C20H30BN5O5S/c21-23-20(32)22-16-3-1-15(2-4-16)11-17-12-25(9-10-27)6-5-24(13-18(28)29)7-8-26(17)14-19(30)31/h1-4,10,17H,5-9,11-14,21H2,(H,28,29)(H,30,31)(H2,22,23,32). The number of carboxylic acids is 2. The molecule has 0 bridgehead atoms. The van der Waals surface area contributed by atoms with Crippen molar-refractivity contribution in [1.29, 1.82) is 0 Å². The minimum Gasteiger partial charge on any atom is -0.480 e. The first kappa shape index (κ1) is 25.7. The number of aldehydes is 1. The van der Waals surface area contributed by atoms with Gasteiger partial charge >= 0.3 is 11.9 Å². The van der Waals surface area contributed by atoms with Gasteiger partial charge < -0.3 is 25.6 Å². The van der Waals surface area contributed by atoms with Gasteiger partial charge in [0.05, 0.1) is 19.6 Å². The van der Waals surface area contributed by atoms with E-state index in [2.05, 4.69) is 10.5 Å². The number of thiocarbonyl (C=S) groups is 1. The molecule has 1 aliphatic heterocycles. The van der Waals surface area contributed by atoms with Crippen molar-refractivity contribution in [2.24, 2.45) is 0 Å². The molecule has 0 saturated carbocycles. The highest BCUT2D eigenvalue weighted by atomic mass is 32.1. The summed E-state index contributed by atoms with van der Waals surface area (Å²) >= 11 is 5.11. The van der Waals surface area contributed by atoms with Gasteiger partial charge in [0.1, 0.15) is 6.29 Å². The summed E-state index contributed by atoms with van der Waals surface area (Å²) in [6, 6.07) is 7.61. The number of nitrogens with one attached hydrogen (secondary N) is 2. The number of hydrogen-bond acceptors (Lipinski definition) is 7. The van der Waals surface area contributed by atoms with E-state index in [1.54, 1.807) is 12.9 Å². The Labute approximate surface area is 194 Å². The maximum atomic E-state index is 11.5. The van der Waals surface area contributed by atoms with E-state index in [0.29, 0.717) is 44.3 Å². The number of carbonyl (C=O) groups is 3. The minimum atomic E-state index is -0.943. The zero-order chi connectivity index (χ0) is 23.5. The second-order valence-electron chi connectivity index (χ2n) is 7.72. The fraction of sp³-hybridized carbons (Fsp3) is 0.500. The average Bonchev–Trinajstić information content (AvgIpc) is 2.80. The lowest BCUT2D eigenvalue weighted by atomic mass is 10.0. The SMILES string of the molecule is BNC(=S)Nc1ccc(CC2CN(CC=O)CCN(CC(=O)O)CCN2CC(=O)O)cc1. The smallest absolute Gasteiger partial charge is 0.317 e. The van der Waals surface area contributed by atoms with Crippen molar-refractivity contribution in [3.63, 3.8) is 0 Å². The predicted octanol–water partition coefficient (Wildman–Crippen LogP) is -1.28. The minimum absolute atomic E-state index is 0.122. The number of nitrogens with zero attached hydrogens (tertiary/aromatic N) is 3. The number of hydrogen-bond donors (Lipinski definition) is 4. The molecule has 1 saturated heterocycles. The predicted molar refractivity (Wildman–Crippen MR) is 128 cm³/mol. The largest absolute Gasteiger partial charge is 0.480 e. The van der Waals surface area contributed by atoms with E-state index in [0.717, 1.165) is 17.5 Å². The fourth-order valence-corrected chi connectivity index (χ4v) is 3.86. The first-order chi connectivity index (χ1) is 15.3. The summed E-state index contributed by atoms with van der Waals surface area (Å²) in [6.07, 6.45) is 1.42. The van der Waals surface area contributed by atoms with E-state index in [1.807, 2.05) is 34.1 Å². The van der Waals surface area contributed by atoms with Crippen molar-refractivity contribution in [2.75, 3.05) is 57.7 Å². The lowest BCUT2D eigenvalue weighted by Crippen LogP contribution is -2.48. The Bertz CT molecular complexity index is 797. The van der Waals surface area contributed by atoms with Crippen molar-refractivity contribution in [3.05, 3.63) is 29.8 Å². The van der Waals surface area contributed by atoms with Gasteiger partial charge in [-0.3, -0.25) is 24.3 Å². The molecule has 2 rings (SSSR count). The van der Waals surface area contributed by atoms with E-state index in [9.17, 15) is 24.6 Å². The Balaban J connectivity index is 2.21. The van der Waals surface area contributed by atoms with E-state index >= 15 is 0 Å². The van der Waals surface area contributed by atoms with E-state index in [1.165, 1.54) is 0 Å². The zero-order valence-electron chi connectivity index (χ0n) is 18.2. The first-order valence-electron chi connectivity index (χ1n) is 10.4.